The molecule has 0 aliphatic heterocycles. The second-order valence-electron chi connectivity index (χ2n) is 6.31. The lowest BCUT2D eigenvalue weighted by atomic mass is 9.70. The summed E-state index contributed by atoms with van der Waals surface area (Å²) in [5.74, 6) is 0. The van der Waals surface area contributed by atoms with Crippen LogP contribution in [-0.4, -0.2) is 21.0 Å². The molecule has 1 aromatic rings. The molecular weight excluding hydrogens is 316 g/mol. The fourth-order valence-electron chi connectivity index (χ4n) is 3.33. The molecule has 1 aromatic heterocycles. The van der Waals surface area contributed by atoms with Gasteiger partial charge >= 0.3 is 0 Å². The van der Waals surface area contributed by atoms with Gasteiger partial charge in [-0.3, -0.25) is 4.68 Å². The average Bonchev–Trinajstić information content (AvgIpc) is 2.76. The van der Waals surface area contributed by atoms with E-state index in [1.807, 2.05) is 4.68 Å². The summed E-state index contributed by atoms with van der Waals surface area (Å²) in [6.45, 7) is 7.34. The molecule has 1 aliphatic rings. The summed E-state index contributed by atoms with van der Waals surface area (Å²) in [4.78, 5) is 0. The van der Waals surface area contributed by atoms with Gasteiger partial charge in [-0.2, -0.15) is 5.10 Å². The van der Waals surface area contributed by atoms with E-state index >= 15 is 0 Å². The molecule has 1 heterocycles. The summed E-state index contributed by atoms with van der Waals surface area (Å²) < 4.78 is 3.14. The van der Waals surface area contributed by atoms with E-state index in [0.717, 1.165) is 41.7 Å². The number of halogens is 1. The van der Waals surface area contributed by atoms with E-state index in [1.54, 1.807) is 0 Å². The van der Waals surface area contributed by atoms with Crippen molar-refractivity contribution < 1.29 is 5.11 Å². The predicted octanol–water partition coefficient (Wildman–Crippen LogP) is 4.10. The molecule has 1 saturated carbocycles. The summed E-state index contributed by atoms with van der Waals surface area (Å²) in [5.41, 5.74) is 2.33. The minimum absolute atomic E-state index is 0.0763. The zero-order chi connectivity index (χ0) is 14.8. The van der Waals surface area contributed by atoms with Crippen LogP contribution in [0.25, 0.3) is 0 Å². The van der Waals surface area contributed by atoms with Crippen molar-refractivity contribution in [3.63, 3.8) is 0 Å². The van der Waals surface area contributed by atoms with Gasteiger partial charge in [0.1, 0.15) is 0 Å². The van der Waals surface area contributed by atoms with Crippen LogP contribution in [0.15, 0.2) is 4.47 Å². The van der Waals surface area contributed by atoms with Crippen LogP contribution < -0.4 is 0 Å². The molecule has 0 bridgehead atoms. The van der Waals surface area contributed by atoms with Gasteiger partial charge in [0.2, 0.25) is 0 Å². The van der Waals surface area contributed by atoms with Crippen molar-refractivity contribution in [2.24, 2.45) is 5.41 Å². The molecule has 1 N–H and O–H groups in total. The van der Waals surface area contributed by atoms with Gasteiger partial charge in [-0.1, -0.05) is 33.1 Å². The highest BCUT2D eigenvalue weighted by Crippen LogP contribution is 2.40. The van der Waals surface area contributed by atoms with E-state index in [0.29, 0.717) is 6.42 Å². The monoisotopic (exact) mass is 342 g/mol. The molecule has 0 radical (unpaired) electrons. The molecule has 3 nitrogen and oxygen atoms in total. The lowest BCUT2D eigenvalue weighted by molar-refractivity contribution is 0.00902. The second kappa shape index (κ2) is 6.61. The highest BCUT2D eigenvalue weighted by Gasteiger charge is 2.35. The van der Waals surface area contributed by atoms with Crippen LogP contribution in [-0.2, 0) is 19.4 Å². The summed E-state index contributed by atoms with van der Waals surface area (Å²) in [6, 6.07) is 0. The molecule has 1 aliphatic carbocycles. The smallest absolute Gasteiger partial charge is 0.0766 e. The molecule has 1 unspecified atom stereocenters. The molecule has 2 rings (SSSR count). The van der Waals surface area contributed by atoms with Gasteiger partial charge < -0.3 is 5.11 Å². The molecule has 1 fully saturated rings. The van der Waals surface area contributed by atoms with Gasteiger partial charge in [-0.05, 0) is 47.5 Å². The minimum atomic E-state index is -0.272. The maximum atomic E-state index is 10.8. The van der Waals surface area contributed by atoms with Crippen LogP contribution in [0.3, 0.4) is 0 Å². The molecule has 0 aromatic carbocycles. The van der Waals surface area contributed by atoms with Crippen molar-refractivity contribution in [1.29, 1.82) is 0 Å². The highest BCUT2D eigenvalue weighted by atomic mass is 79.9. The Balaban J connectivity index is 2.18. The number of aliphatic hydroxyl groups excluding tert-OH is 1. The van der Waals surface area contributed by atoms with Crippen molar-refractivity contribution in [2.75, 3.05) is 0 Å². The number of hydrogen-bond acceptors (Lipinski definition) is 2. The Morgan fingerprint density at radius 3 is 2.50 bits per heavy atom. The second-order valence-corrected chi connectivity index (χ2v) is 7.10. The van der Waals surface area contributed by atoms with Crippen LogP contribution in [0.2, 0.25) is 0 Å². The zero-order valence-corrected chi connectivity index (χ0v) is 14.5. The van der Waals surface area contributed by atoms with Crippen molar-refractivity contribution in [3.05, 3.63) is 15.9 Å². The summed E-state index contributed by atoms with van der Waals surface area (Å²) in [5, 5.41) is 15.4. The van der Waals surface area contributed by atoms with Gasteiger partial charge in [-0.15, -0.1) is 0 Å². The lowest BCUT2D eigenvalue weighted by Gasteiger charge is -2.38. The molecule has 4 heteroatoms. The largest absolute Gasteiger partial charge is 0.392 e. The van der Waals surface area contributed by atoms with Gasteiger partial charge in [0.05, 0.1) is 22.0 Å². The first-order valence-electron chi connectivity index (χ1n) is 7.94. The van der Waals surface area contributed by atoms with E-state index in [-0.39, 0.29) is 11.5 Å². The third-order valence-corrected chi connectivity index (χ3v) is 5.80. The van der Waals surface area contributed by atoms with Crippen molar-refractivity contribution >= 4 is 15.9 Å². The van der Waals surface area contributed by atoms with Gasteiger partial charge in [0.25, 0.3) is 0 Å². The first kappa shape index (κ1) is 16.0. The molecular formula is C16H27BrN2O. The van der Waals surface area contributed by atoms with Crippen LogP contribution in [0, 0.1) is 5.41 Å². The van der Waals surface area contributed by atoms with Crippen molar-refractivity contribution in [1.82, 2.24) is 9.78 Å². The Bertz CT molecular complexity index is 450. The predicted molar refractivity (Wildman–Crippen MR) is 85.9 cm³/mol. The molecule has 0 spiro atoms. The number of nitrogens with zero attached hydrogens (tertiary/aromatic N) is 2. The van der Waals surface area contributed by atoms with Gasteiger partial charge in [0, 0.05) is 13.0 Å². The Kier molecular flexibility index (Phi) is 5.30. The molecule has 0 saturated heterocycles. The fraction of sp³-hybridized carbons (Fsp3) is 0.812. The van der Waals surface area contributed by atoms with Gasteiger partial charge in [-0.25, -0.2) is 0 Å². The van der Waals surface area contributed by atoms with E-state index in [4.69, 9.17) is 0 Å². The SMILES string of the molecule is CCc1nn(CC)c(CC(O)C2(C)CCCCC2)c1Br. The third-order valence-electron chi connectivity index (χ3n) is 4.88. The van der Waals surface area contributed by atoms with E-state index in [2.05, 4.69) is 41.8 Å². The number of aromatic nitrogens is 2. The maximum absolute atomic E-state index is 10.8. The quantitative estimate of drug-likeness (QED) is 0.874. The Morgan fingerprint density at radius 2 is 1.95 bits per heavy atom. The Hall–Kier alpha value is -0.350. The van der Waals surface area contributed by atoms with E-state index < -0.39 is 0 Å². The number of rotatable bonds is 5. The number of aliphatic hydroxyl groups is 1. The topological polar surface area (TPSA) is 38.0 Å². The average molecular weight is 343 g/mol. The number of aryl methyl sites for hydroxylation is 2. The number of hydrogen-bond donors (Lipinski definition) is 1. The van der Waals surface area contributed by atoms with Crippen LogP contribution >= 0.6 is 15.9 Å². The van der Waals surface area contributed by atoms with Crippen LogP contribution in [0.5, 0.6) is 0 Å². The maximum Gasteiger partial charge on any atom is 0.0766 e. The molecule has 20 heavy (non-hydrogen) atoms. The summed E-state index contributed by atoms with van der Waals surface area (Å²) in [7, 11) is 0. The standard InChI is InChI=1S/C16H27BrN2O/c1-4-12-15(17)13(19(5-2)18-12)11-14(20)16(3)9-7-6-8-10-16/h14,20H,4-11H2,1-3H3. The first-order valence-corrected chi connectivity index (χ1v) is 8.73. The van der Waals surface area contributed by atoms with Gasteiger partial charge in [0.15, 0.2) is 0 Å². The minimum Gasteiger partial charge on any atom is -0.392 e. The summed E-state index contributed by atoms with van der Waals surface area (Å²) >= 11 is 3.68. The molecule has 0 amide bonds. The fourth-order valence-corrected chi connectivity index (χ4v) is 4.06. The Labute approximate surface area is 130 Å². The summed E-state index contributed by atoms with van der Waals surface area (Å²) in [6.07, 6.45) is 7.47. The normalized spacial score (nSPS) is 20.1. The molecule has 114 valence electrons. The van der Waals surface area contributed by atoms with Crippen molar-refractivity contribution in [3.8, 4) is 0 Å². The molecule has 1 atom stereocenters. The highest BCUT2D eigenvalue weighted by molar-refractivity contribution is 9.10. The Morgan fingerprint density at radius 1 is 1.30 bits per heavy atom. The van der Waals surface area contributed by atoms with Crippen molar-refractivity contribution in [2.45, 2.75) is 78.4 Å². The van der Waals surface area contributed by atoms with Crippen LogP contribution in [0.1, 0.15) is 64.3 Å². The third kappa shape index (κ3) is 3.11. The van der Waals surface area contributed by atoms with E-state index in [1.165, 1.54) is 19.3 Å². The van der Waals surface area contributed by atoms with E-state index in [9.17, 15) is 5.11 Å². The first-order chi connectivity index (χ1) is 9.51. The zero-order valence-electron chi connectivity index (χ0n) is 13.0. The van der Waals surface area contributed by atoms with Crippen LogP contribution in [0.4, 0.5) is 0 Å². The lowest BCUT2D eigenvalue weighted by Crippen LogP contribution is -2.36.